The first-order chi connectivity index (χ1) is 8.58. The molecule has 1 unspecified atom stereocenters. The van der Waals surface area contributed by atoms with Gasteiger partial charge in [0.05, 0.1) is 18.5 Å². The van der Waals surface area contributed by atoms with E-state index in [9.17, 15) is 23.7 Å². The van der Waals surface area contributed by atoms with Crippen molar-refractivity contribution in [3.05, 3.63) is 0 Å². The van der Waals surface area contributed by atoms with Gasteiger partial charge in [0.2, 0.25) is 0 Å². The Morgan fingerprint density at radius 3 is 1.95 bits per heavy atom. The summed E-state index contributed by atoms with van der Waals surface area (Å²) in [5.74, 6) is -0.572. The second kappa shape index (κ2) is 8.07. The monoisotopic (exact) mass is 303 g/mol. The molecule has 0 bridgehead atoms. The number of nitrogens with one attached hydrogen (secondary N) is 1. The summed E-state index contributed by atoms with van der Waals surface area (Å²) < 4.78 is 29.7. The third kappa shape index (κ3) is 7.74. The van der Waals surface area contributed by atoms with E-state index in [0.29, 0.717) is 0 Å². The lowest BCUT2D eigenvalue weighted by Crippen LogP contribution is -2.50. The molecule has 0 aromatic carbocycles. The van der Waals surface area contributed by atoms with Crippen molar-refractivity contribution in [2.75, 3.05) is 18.9 Å². The van der Waals surface area contributed by atoms with E-state index >= 15 is 0 Å². The number of hydrogen-bond acceptors (Lipinski definition) is 8. The van der Waals surface area contributed by atoms with Gasteiger partial charge in [0.15, 0.2) is 0 Å². The normalized spacial score (nSPS) is 20.6. The van der Waals surface area contributed by atoms with Crippen LogP contribution in [0.1, 0.15) is 6.92 Å². The van der Waals surface area contributed by atoms with Crippen molar-refractivity contribution in [2.24, 2.45) is 0 Å². The molecule has 0 spiro atoms. The topological polar surface area (TPSA) is 168 Å². The molecule has 10 heteroatoms. The van der Waals surface area contributed by atoms with E-state index < -0.39 is 52.9 Å². The second-order valence-corrected chi connectivity index (χ2v) is 5.85. The smallest absolute Gasteiger partial charge is 0.266 e. The molecule has 0 saturated heterocycles. The Morgan fingerprint density at radius 1 is 1.05 bits per heavy atom. The highest BCUT2D eigenvalue weighted by Crippen LogP contribution is 2.05. The summed E-state index contributed by atoms with van der Waals surface area (Å²) >= 11 is 0. The van der Waals surface area contributed by atoms with Crippen molar-refractivity contribution in [3.63, 3.8) is 0 Å². The average molecular weight is 303 g/mol. The highest BCUT2D eigenvalue weighted by atomic mass is 32.2. The standard InChI is InChI=1S/C9H21NO8S/c1-5(4-19(16,17)18)10-2-6(12)8(14)9(15)7(13)3-11/h5-15H,2-4H2,1H3,(H,16,17,18)/t5?,6-,7+,8+,9+/m0/s1. The lowest BCUT2D eigenvalue weighted by atomic mass is 10.0. The third-order valence-electron chi connectivity index (χ3n) is 2.46. The Labute approximate surface area is 111 Å². The number of rotatable bonds is 9. The van der Waals surface area contributed by atoms with Crippen LogP contribution in [0.5, 0.6) is 0 Å². The van der Waals surface area contributed by atoms with Crippen LogP contribution in [0.3, 0.4) is 0 Å². The zero-order valence-electron chi connectivity index (χ0n) is 10.4. The largest absolute Gasteiger partial charge is 0.394 e. The zero-order chi connectivity index (χ0) is 15.2. The molecule has 0 heterocycles. The van der Waals surface area contributed by atoms with Gasteiger partial charge in [-0.25, -0.2) is 0 Å². The maximum Gasteiger partial charge on any atom is 0.266 e. The molecule has 5 atom stereocenters. The molecule has 0 aliphatic rings. The highest BCUT2D eigenvalue weighted by molar-refractivity contribution is 7.85. The molecular formula is C9H21NO8S. The van der Waals surface area contributed by atoms with E-state index in [1.54, 1.807) is 0 Å². The van der Waals surface area contributed by atoms with Crippen molar-refractivity contribution >= 4 is 10.1 Å². The van der Waals surface area contributed by atoms with E-state index in [-0.39, 0.29) is 6.54 Å². The van der Waals surface area contributed by atoms with Crippen molar-refractivity contribution in [1.82, 2.24) is 5.32 Å². The summed E-state index contributed by atoms with van der Waals surface area (Å²) in [6.45, 7) is 0.385. The van der Waals surface area contributed by atoms with Gasteiger partial charge in [-0.05, 0) is 6.92 Å². The SMILES string of the molecule is CC(CS(=O)(=O)O)NC[C@H](O)[C@@H](O)[C@H](O)[C@H](O)CO. The van der Waals surface area contributed by atoms with Crippen molar-refractivity contribution in [3.8, 4) is 0 Å². The molecule has 19 heavy (non-hydrogen) atoms. The van der Waals surface area contributed by atoms with E-state index in [2.05, 4.69) is 5.32 Å². The predicted molar refractivity (Wildman–Crippen MR) is 65.0 cm³/mol. The fraction of sp³-hybridized carbons (Fsp3) is 1.00. The summed E-state index contributed by atoms with van der Waals surface area (Å²) in [5.41, 5.74) is 0. The van der Waals surface area contributed by atoms with Gasteiger partial charge in [-0.15, -0.1) is 0 Å². The zero-order valence-corrected chi connectivity index (χ0v) is 11.2. The molecule has 0 fully saturated rings. The van der Waals surface area contributed by atoms with Crippen molar-refractivity contribution in [2.45, 2.75) is 37.4 Å². The van der Waals surface area contributed by atoms with Crippen LogP contribution in [0, 0.1) is 0 Å². The van der Waals surface area contributed by atoms with Gasteiger partial charge >= 0.3 is 0 Å². The second-order valence-electron chi connectivity index (χ2n) is 4.36. The Kier molecular flexibility index (Phi) is 7.93. The summed E-state index contributed by atoms with van der Waals surface area (Å²) in [5, 5.41) is 48.4. The first-order valence-corrected chi connectivity index (χ1v) is 7.21. The van der Waals surface area contributed by atoms with Gasteiger partial charge in [-0.3, -0.25) is 4.55 Å². The molecule has 116 valence electrons. The molecule has 0 aliphatic carbocycles. The predicted octanol–water partition coefficient (Wildman–Crippen LogP) is -3.71. The van der Waals surface area contributed by atoms with Crippen LogP contribution in [-0.2, 0) is 10.1 Å². The van der Waals surface area contributed by atoms with Crippen LogP contribution in [0.2, 0.25) is 0 Å². The Bertz CT molecular complexity index is 348. The fourth-order valence-corrected chi connectivity index (χ4v) is 2.13. The molecule has 0 aromatic heterocycles. The van der Waals surface area contributed by atoms with Gasteiger partial charge in [0.1, 0.15) is 18.3 Å². The van der Waals surface area contributed by atoms with Crippen LogP contribution < -0.4 is 5.32 Å². The molecule has 0 aromatic rings. The van der Waals surface area contributed by atoms with Crippen molar-refractivity contribution in [1.29, 1.82) is 0 Å². The Balaban J connectivity index is 4.20. The minimum Gasteiger partial charge on any atom is -0.394 e. The summed E-state index contributed by atoms with van der Waals surface area (Å²) in [4.78, 5) is 0. The highest BCUT2D eigenvalue weighted by Gasteiger charge is 2.30. The quantitative estimate of drug-likeness (QED) is 0.212. The third-order valence-corrected chi connectivity index (χ3v) is 3.38. The molecule has 0 aliphatic heterocycles. The van der Waals surface area contributed by atoms with E-state index in [1.807, 2.05) is 0 Å². The maximum atomic E-state index is 10.6. The molecule has 0 radical (unpaired) electrons. The lowest BCUT2D eigenvalue weighted by Gasteiger charge is -2.26. The van der Waals surface area contributed by atoms with Gasteiger partial charge in [0.25, 0.3) is 10.1 Å². The van der Waals surface area contributed by atoms with Crippen LogP contribution >= 0.6 is 0 Å². The molecule has 0 amide bonds. The van der Waals surface area contributed by atoms with Gasteiger partial charge < -0.3 is 30.8 Å². The van der Waals surface area contributed by atoms with Crippen LogP contribution in [0.15, 0.2) is 0 Å². The first-order valence-electron chi connectivity index (χ1n) is 5.60. The lowest BCUT2D eigenvalue weighted by molar-refractivity contribution is -0.114. The van der Waals surface area contributed by atoms with Crippen LogP contribution in [0.25, 0.3) is 0 Å². The minimum absolute atomic E-state index is 0.271. The number of aliphatic hydroxyl groups excluding tert-OH is 5. The molecular weight excluding hydrogens is 282 g/mol. The molecule has 7 N–H and O–H groups in total. The van der Waals surface area contributed by atoms with E-state index in [1.165, 1.54) is 6.92 Å². The molecule has 0 rings (SSSR count). The summed E-state index contributed by atoms with van der Waals surface area (Å²) in [6, 6.07) is -0.684. The van der Waals surface area contributed by atoms with E-state index in [0.717, 1.165) is 0 Å². The minimum atomic E-state index is -4.15. The van der Waals surface area contributed by atoms with E-state index in [4.69, 9.17) is 14.8 Å². The number of aliphatic hydroxyl groups is 5. The first kappa shape index (κ1) is 18.7. The fourth-order valence-electron chi connectivity index (χ4n) is 1.38. The van der Waals surface area contributed by atoms with Gasteiger partial charge in [0, 0.05) is 12.6 Å². The maximum absolute atomic E-state index is 10.6. The Hall–Kier alpha value is -0.330. The van der Waals surface area contributed by atoms with Crippen LogP contribution in [-0.4, -0.2) is 87.9 Å². The summed E-state index contributed by atoms with van der Waals surface area (Å²) in [7, 11) is -4.15. The summed E-state index contributed by atoms with van der Waals surface area (Å²) in [6.07, 6.45) is -6.54. The molecule has 9 nitrogen and oxygen atoms in total. The van der Waals surface area contributed by atoms with Crippen molar-refractivity contribution < 1.29 is 38.5 Å². The van der Waals surface area contributed by atoms with Crippen LogP contribution in [0.4, 0.5) is 0 Å². The number of hydrogen-bond donors (Lipinski definition) is 7. The Morgan fingerprint density at radius 2 is 1.53 bits per heavy atom. The van der Waals surface area contributed by atoms with Gasteiger partial charge in [-0.1, -0.05) is 0 Å². The molecule has 0 saturated carbocycles. The average Bonchev–Trinajstić information content (AvgIpc) is 2.30. The van der Waals surface area contributed by atoms with Gasteiger partial charge in [-0.2, -0.15) is 8.42 Å².